The molecule has 1 N–H and O–H groups in total. The number of aromatic nitrogens is 2. The summed E-state index contributed by atoms with van der Waals surface area (Å²) in [5, 5.41) is 12.2. The van der Waals surface area contributed by atoms with Crippen molar-refractivity contribution in [2.75, 3.05) is 19.0 Å². The fraction of sp³-hybridized carbons (Fsp3) is 0.160. The second kappa shape index (κ2) is 7.05. The summed E-state index contributed by atoms with van der Waals surface area (Å²) in [6.45, 7) is 0. The van der Waals surface area contributed by atoms with Crippen LogP contribution in [-0.2, 0) is 11.8 Å². The molecule has 2 heterocycles. The Morgan fingerprint density at radius 1 is 0.966 bits per heavy atom. The zero-order valence-corrected chi connectivity index (χ0v) is 17.4. The molecule has 0 bridgehead atoms. The van der Waals surface area contributed by atoms with E-state index in [1.807, 2.05) is 0 Å². The Morgan fingerprint density at radius 3 is 2.41 bits per heavy atom. The van der Waals surface area contributed by atoms with Crippen LogP contribution in [0.5, 0.6) is 0 Å². The highest BCUT2D eigenvalue weighted by atomic mass is 32.1. The largest absolute Gasteiger partial charge is 0.378 e. The van der Waals surface area contributed by atoms with Crippen LogP contribution in [0.1, 0.15) is 22.4 Å². The van der Waals surface area contributed by atoms with Gasteiger partial charge in [-0.1, -0.05) is 54.6 Å². The van der Waals surface area contributed by atoms with E-state index in [0.29, 0.717) is 0 Å². The molecule has 1 aliphatic carbocycles. The molecule has 2 aromatic heterocycles. The van der Waals surface area contributed by atoms with E-state index in [0.717, 1.165) is 12.1 Å². The zero-order valence-electron chi connectivity index (χ0n) is 16.6. The average molecular weight is 398 g/mol. The number of benzene rings is 2. The van der Waals surface area contributed by atoms with Crippen LogP contribution in [0.25, 0.3) is 17.3 Å². The van der Waals surface area contributed by atoms with Gasteiger partial charge >= 0.3 is 0 Å². The van der Waals surface area contributed by atoms with E-state index < -0.39 is 0 Å². The van der Waals surface area contributed by atoms with Crippen LogP contribution in [0.2, 0.25) is 0 Å². The molecule has 29 heavy (non-hydrogen) atoms. The lowest BCUT2D eigenvalue weighted by Crippen LogP contribution is -2.30. The Kier molecular flexibility index (Phi) is 4.36. The fourth-order valence-corrected chi connectivity index (χ4v) is 4.88. The Hall–Kier alpha value is -3.11. The molecule has 4 heteroatoms. The number of hydrogen-bond donors (Lipinski definition) is 1. The number of thiophene rings is 1. The number of aromatic amines is 1. The topological polar surface area (TPSA) is 31.9 Å². The number of H-pyrrole nitrogens is 1. The van der Waals surface area contributed by atoms with E-state index in [-0.39, 0.29) is 5.41 Å². The minimum atomic E-state index is -0.211. The van der Waals surface area contributed by atoms with Crippen molar-refractivity contribution in [3.8, 4) is 11.3 Å². The van der Waals surface area contributed by atoms with Crippen LogP contribution in [-0.4, -0.2) is 24.3 Å². The molecule has 5 rings (SSSR count). The van der Waals surface area contributed by atoms with Gasteiger partial charge in [0.2, 0.25) is 0 Å². The summed E-state index contributed by atoms with van der Waals surface area (Å²) in [5.41, 5.74) is 8.21. The van der Waals surface area contributed by atoms with E-state index in [1.165, 1.54) is 33.6 Å². The first kappa shape index (κ1) is 18.0. The first-order chi connectivity index (χ1) is 14.2. The standard InChI is InChI=1S/C25H23N3S/c1-28(2)21-10-8-20(9-11-21)25(19-6-4-3-5-7-19)14-12-22-23(16-25)26-27-24(22)18-13-15-29-17-18/h3-15,17H,16H2,1-2H3,(H,26,27). The Labute approximate surface area is 175 Å². The maximum absolute atomic E-state index is 4.65. The van der Waals surface area contributed by atoms with E-state index in [2.05, 4.69) is 113 Å². The number of nitrogens with one attached hydrogen (secondary N) is 1. The number of rotatable bonds is 4. The molecular formula is C25H23N3S. The van der Waals surface area contributed by atoms with E-state index in [9.17, 15) is 0 Å². The zero-order chi connectivity index (χ0) is 19.8. The van der Waals surface area contributed by atoms with Gasteiger partial charge in [0.25, 0.3) is 0 Å². The fourth-order valence-electron chi connectivity index (χ4n) is 4.24. The van der Waals surface area contributed by atoms with Gasteiger partial charge in [-0.25, -0.2) is 0 Å². The summed E-state index contributed by atoms with van der Waals surface area (Å²) in [4.78, 5) is 2.13. The van der Waals surface area contributed by atoms with Gasteiger partial charge < -0.3 is 4.90 Å². The van der Waals surface area contributed by atoms with Crippen LogP contribution in [0.3, 0.4) is 0 Å². The normalized spacial score (nSPS) is 17.9. The predicted molar refractivity (Wildman–Crippen MR) is 123 cm³/mol. The van der Waals surface area contributed by atoms with Gasteiger partial charge in [-0.15, -0.1) is 0 Å². The van der Waals surface area contributed by atoms with Crippen molar-refractivity contribution in [1.82, 2.24) is 10.2 Å². The van der Waals surface area contributed by atoms with Crippen molar-refractivity contribution in [3.63, 3.8) is 0 Å². The second-order valence-electron chi connectivity index (χ2n) is 7.77. The third-order valence-corrected chi connectivity index (χ3v) is 6.54. The van der Waals surface area contributed by atoms with Crippen molar-refractivity contribution in [3.05, 3.63) is 99.9 Å². The van der Waals surface area contributed by atoms with Crippen LogP contribution in [0, 0.1) is 0 Å². The SMILES string of the molecule is CN(C)c1ccc(C2(c3ccccc3)C=Cc3c(-c4ccsc4)n[nH]c3C2)cc1. The van der Waals surface area contributed by atoms with Crippen molar-refractivity contribution in [2.45, 2.75) is 11.8 Å². The van der Waals surface area contributed by atoms with Gasteiger partial charge in [-0.05, 0) is 34.7 Å². The molecule has 0 spiro atoms. The number of fused-ring (bicyclic) bond motifs is 1. The van der Waals surface area contributed by atoms with Gasteiger partial charge in [0.1, 0.15) is 5.69 Å². The van der Waals surface area contributed by atoms with Crippen LogP contribution >= 0.6 is 11.3 Å². The number of hydrogen-bond acceptors (Lipinski definition) is 3. The summed E-state index contributed by atoms with van der Waals surface area (Å²) in [7, 11) is 4.15. The monoisotopic (exact) mass is 397 g/mol. The first-order valence-electron chi connectivity index (χ1n) is 9.80. The van der Waals surface area contributed by atoms with Crippen LogP contribution in [0.4, 0.5) is 5.69 Å². The van der Waals surface area contributed by atoms with E-state index >= 15 is 0 Å². The highest BCUT2D eigenvalue weighted by molar-refractivity contribution is 7.08. The molecule has 0 radical (unpaired) electrons. The van der Waals surface area contributed by atoms with Crippen LogP contribution in [0.15, 0.2) is 77.5 Å². The minimum Gasteiger partial charge on any atom is -0.378 e. The maximum Gasteiger partial charge on any atom is 0.100 e. The summed E-state index contributed by atoms with van der Waals surface area (Å²) in [6.07, 6.45) is 5.48. The van der Waals surface area contributed by atoms with Crippen molar-refractivity contribution in [2.24, 2.45) is 0 Å². The summed E-state index contributed by atoms with van der Waals surface area (Å²) in [5.74, 6) is 0. The summed E-state index contributed by atoms with van der Waals surface area (Å²) in [6, 6.07) is 21.8. The lowest BCUT2D eigenvalue weighted by Gasteiger charge is -2.34. The molecule has 4 aromatic rings. The lowest BCUT2D eigenvalue weighted by molar-refractivity contribution is 0.620. The highest BCUT2D eigenvalue weighted by Gasteiger charge is 2.36. The smallest absolute Gasteiger partial charge is 0.100 e. The molecule has 3 nitrogen and oxygen atoms in total. The Bertz CT molecular complexity index is 1140. The first-order valence-corrected chi connectivity index (χ1v) is 10.7. The Morgan fingerprint density at radius 2 is 1.72 bits per heavy atom. The number of nitrogens with zero attached hydrogens (tertiary/aromatic N) is 2. The number of allylic oxidation sites excluding steroid dienone is 1. The van der Waals surface area contributed by atoms with Gasteiger partial charge in [0.15, 0.2) is 0 Å². The minimum absolute atomic E-state index is 0.211. The van der Waals surface area contributed by atoms with E-state index in [1.54, 1.807) is 11.3 Å². The second-order valence-corrected chi connectivity index (χ2v) is 8.55. The van der Waals surface area contributed by atoms with E-state index in [4.69, 9.17) is 0 Å². The predicted octanol–water partition coefficient (Wildman–Crippen LogP) is 5.76. The lowest BCUT2D eigenvalue weighted by atomic mass is 9.68. The molecule has 1 atom stereocenters. The maximum atomic E-state index is 4.65. The summed E-state index contributed by atoms with van der Waals surface area (Å²) >= 11 is 1.70. The van der Waals surface area contributed by atoms with Gasteiger partial charge in [0, 0.05) is 53.8 Å². The molecule has 0 saturated carbocycles. The Balaban J connectivity index is 1.63. The molecule has 0 fully saturated rings. The molecule has 0 amide bonds. The quantitative estimate of drug-likeness (QED) is 0.475. The van der Waals surface area contributed by atoms with Gasteiger partial charge in [0.05, 0.1) is 0 Å². The molecule has 1 unspecified atom stereocenters. The van der Waals surface area contributed by atoms with Crippen molar-refractivity contribution >= 4 is 23.1 Å². The molecule has 0 saturated heterocycles. The average Bonchev–Trinajstić information content (AvgIpc) is 3.43. The summed E-state index contributed by atoms with van der Waals surface area (Å²) < 4.78 is 0. The molecule has 144 valence electrons. The third-order valence-electron chi connectivity index (χ3n) is 5.86. The van der Waals surface area contributed by atoms with Crippen molar-refractivity contribution < 1.29 is 0 Å². The number of anilines is 1. The molecular weight excluding hydrogens is 374 g/mol. The molecule has 2 aromatic carbocycles. The highest BCUT2D eigenvalue weighted by Crippen LogP contribution is 2.43. The van der Waals surface area contributed by atoms with Gasteiger partial charge in [-0.2, -0.15) is 16.4 Å². The molecule has 1 aliphatic rings. The van der Waals surface area contributed by atoms with Crippen LogP contribution < -0.4 is 4.90 Å². The third kappa shape index (κ3) is 3.00. The van der Waals surface area contributed by atoms with Gasteiger partial charge in [-0.3, -0.25) is 5.10 Å². The molecule has 0 aliphatic heterocycles. The van der Waals surface area contributed by atoms with Crippen molar-refractivity contribution in [1.29, 1.82) is 0 Å².